The maximum Gasteiger partial charge on any atom is 0.417 e. The van der Waals surface area contributed by atoms with Gasteiger partial charge in [0, 0.05) is 19.0 Å². The normalized spacial score (nSPS) is 14.4. The van der Waals surface area contributed by atoms with Crippen LogP contribution >= 0.6 is 7.92 Å². The molecule has 9 heteroatoms. The van der Waals surface area contributed by atoms with Crippen molar-refractivity contribution in [2.75, 3.05) is 0 Å². The second-order valence-corrected chi connectivity index (χ2v) is 12.9. The molecule has 0 fully saturated rings. The van der Waals surface area contributed by atoms with Crippen LogP contribution in [0, 0.1) is 13.8 Å². The molecule has 2 rings (SSSR count). The topological polar surface area (TPSA) is 34.1 Å². The molecule has 0 aliphatic heterocycles. The number of alkyl halides is 6. The Balaban J connectivity index is 2.82. The highest BCUT2D eigenvalue weighted by Crippen LogP contribution is 2.53. The van der Waals surface area contributed by atoms with E-state index in [1.54, 1.807) is 32.9 Å². The third-order valence-corrected chi connectivity index (χ3v) is 8.82. The van der Waals surface area contributed by atoms with E-state index in [9.17, 15) is 35.9 Å². The number of halogens is 6. The Hall–Kier alpha value is -2.21. The number of carbonyl (C=O) groups is 2. The summed E-state index contributed by atoms with van der Waals surface area (Å²) in [7, 11) is -2.58. The van der Waals surface area contributed by atoms with Crippen molar-refractivity contribution >= 4 is 19.0 Å². The van der Waals surface area contributed by atoms with Crippen LogP contribution in [0.1, 0.15) is 102 Å². The fourth-order valence-corrected chi connectivity index (χ4v) is 6.85. The van der Waals surface area contributed by atoms with E-state index in [0.717, 1.165) is 5.56 Å². The molecule has 37 heavy (non-hydrogen) atoms. The van der Waals surface area contributed by atoms with Crippen LogP contribution in [0.25, 0.3) is 0 Å². The Morgan fingerprint density at radius 1 is 0.838 bits per heavy atom. The average molecular weight is 547 g/mol. The van der Waals surface area contributed by atoms with E-state index >= 15 is 0 Å². The van der Waals surface area contributed by atoms with Crippen molar-refractivity contribution in [1.82, 2.24) is 0 Å². The van der Waals surface area contributed by atoms with E-state index in [4.69, 9.17) is 0 Å². The van der Waals surface area contributed by atoms with Gasteiger partial charge in [-0.2, -0.15) is 26.3 Å². The molecule has 0 aliphatic rings. The molecule has 204 valence electrons. The Kier molecular flexibility index (Phi) is 9.44. The van der Waals surface area contributed by atoms with Crippen molar-refractivity contribution in [3.63, 3.8) is 0 Å². The van der Waals surface area contributed by atoms with E-state index in [0.29, 0.717) is 48.6 Å². The van der Waals surface area contributed by atoms with E-state index in [2.05, 4.69) is 0 Å². The van der Waals surface area contributed by atoms with Gasteiger partial charge in [0.05, 0.1) is 11.1 Å². The van der Waals surface area contributed by atoms with Crippen molar-refractivity contribution in [1.29, 1.82) is 0 Å². The zero-order chi connectivity index (χ0) is 28.5. The number of rotatable bonds is 8. The molecule has 0 aromatic heterocycles. The van der Waals surface area contributed by atoms with Gasteiger partial charge in [-0.3, -0.25) is 9.59 Å². The second-order valence-electron chi connectivity index (χ2n) is 10.4. The van der Waals surface area contributed by atoms with Gasteiger partial charge in [-0.1, -0.05) is 65.7 Å². The van der Waals surface area contributed by atoms with Crippen LogP contribution < -0.4 is 0 Å². The molecule has 0 radical (unpaired) electrons. The molecule has 2 aromatic rings. The minimum Gasteiger partial charge on any atom is -0.289 e. The molecule has 2 nitrogen and oxygen atoms in total. The van der Waals surface area contributed by atoms with Gasteiger partial charge >= 0.3 is 12.4 Å². The summed E-state index contributed by atoms with van der Waals surface area (Å²) < 4.78 is 83.1. The van der Waals surface area contributed by atoms with Crippen LogP contribution in [0.4, 0.5) is 26.3 Å². The first-order chi connectivity index (χ1) is 16.8. The van der Waals surface area contributed by atoms with E-state index in [-0.39, 0.29) is 11.0 Å². The second kappa shape index (κ2) is 11.3. The molecule has 0 saturated carbocycles. The van der Waals surface area contributed by atoms with E-state index in [1.165, 1.54) is 0 Å². The van der Waals surface area contributed by atoms with Crippen molar-refractivity contribution in [3.05, 3.63) is 69.3 Å². The largest absolute Gasteiger partial charge is 0.417 e. The third kappa shape index (κ3) is 7.01. The Morgan fingerprint density at radius 3 is 1.65 bits per heavy atom. The molecular formula is C28H33F6O2P. The molecule has 0 bridgehead atoms. The summed E-state index contributed by atoms with van der Waals surface area (Å²) in [6.07, 6.45) is -8.81. The van der Waals surface area contributed by atoms with Gasteiger partial charge in [-0.05, 0) is 60.2 Å². The van der Waals surface area contributed by atoms with Crippen LogP contribution in [0.3, 0.4) is 0 Å². The average Bonchev–Trinajstić information content (AvgIpc) is 2.74. The molecule has 0 spiro atoms. The third-order valence-electron chi connectivity index (χ3n) is 6.36. The van der Waals surface area contributed by atoms with Gasteiger partial charge in [-0.25, -0.2) is 0 Å². The van der Waals surface area contributed by atoms with Gasteiger partial charge < -0.3 is 0 Å². The highest BCUT2D eigenvalue weighted by Gasteiger charge is 2.46. The summed E-state index contributed by atoms with van der Waals surface area (Å²) in [5.41, 5.74) is -5.66. The lowest BCUT2D eigenvalue weighted by Gasteiger charge is -2.27. The fraction of sp³-hybridized carbons (Fsp3) is 0.500. The smallest absolute Gasteiger partial charge is 0.289 e. The lowest BCUT2D eigenvalue weighted by Crippen LogP contribution is -2.24. The summed E-state index contributed by atoms with van der Waals surface area (Å²) in [5, 5.41) is 0. The number of hydrogen-bond acceptors (Lipinski definition) is 2. The number of carbonyl (C=O) groups excluding carboxylic acids is 2. The Labute approximate surface area is 215 Å². The van der Waals surface area contributed by atoms with Gasteiger partial charge in [0.25, 0.3) is 0 Å². The van der Waals surface area contributed by atoms with Crippen molar-refractivity contribution in [2.24, 2.45) is 0 Å². The maximum absolute atomic E-state index is 13.9. The zero-order valence-corrected chi connectivity index (χ0v) is 23.0. The molecule has 0 heterocycles. The molecule has 2 aromatic carbocycles. The molecule has 0 saturated heterocycles. The highest BCUT2D eigenvalue weighted by atomic mass is 31.1. The minimum atomic E-state index is -5.21. The molecular weight excluding hydrogens is 513 g/mol. The summed E-state index contributed by atoms with van der Waals surface area (Å²) >= 11 is 0. The molecule has 0 amide bonds. The van der Waals surface area contributed by atoms with E-state index in [1.807, 2.05) is 27.7 Å². The standard InChI is InChI=1S/C28H33F6O2P/c1-8-9-11-18(4)37(24(35)22-16(2)14-19(15-17(22)3)26(5,6)7)25(36)23-20(27(29,30)31)12-10-13-21(23)28(32,33)34/h10,12-15,18H,8-9,11H2,1-7H3. The SMILES string of the molecule is CCCCC(C)P(C(=O)c1c(C)cc(C(C)(C)C)cc1C)C(=O)c1c(C(F)(F)F)cccc1C(F)(F)F. The molecule has 2 atom stereocenters. The number of unbranched alkanes of at least 4 members (excludes halogenated alkanes) is 1. The predicted molar refractivity (Wildman–Crippen MR) is 136 cm³/mol. The predicted octanol–water partition coefficient (Wildman–Crippen LogP) is 9.68. The quantitative estimate of drug-likeness (QED) is 0.244. The monoisotopic (exact) mass is 546 g/mol. The molecule has 0 aliphatic carbocycles. The first-order valence-corrected chi connectivity index (χ1v) is 13.5. The molecule has 2 unspecified atom stereocenters. The van der Waals surface area contributed by atoms with Gasteiger partial charge in [0.15, 0.2) is 11.0 Å². The maximum atomic E-state index is 13.9. The first kappa shape index (κ1) is 31.0. The van der Waals surface area contributed by atoms with Crippen LogP contribution in [-0.2, 0) is 17.8 Å². The van der Waals surface area contributed by atoms with Gasteiger partial charge in [0.2, 0.25) is 0 Å². The van der Waals surface area contributed by atoms with Crippen molar-refractivity contribution < 1.29 is 35.9 Å². The first-order valence-electron chi connectivity index (χ1n) is 12.1. The van der Waals surface area contributed by atoms with E-state index < -0.39 is 53.7 Å². The van der Waals surface area contributed by atoms with Crippen LogP contribution in [0.5, 0.6) is 0 Å². The highest BCUT2D eigenvalue weighted by molar-refractivity contribution is 7.90. The van der Waals surface area contributed by atoms with Crippen LogP contribution in [-0.4, -0.2) is 16.7 Å². The summed E-state index contributed by atoms with van der Waals surface area (Å²) in [5.74, 6) is 0. The minimum absolute atomic E-state index is 0.189. The Morgan fingerprint density at radius 2 is 1.27 bits per heavy atom. The lowest BCUT2D eigenvalue weighted by atomic mass is 9.84. The lowest BCUT2D eigenvalue weighted by molar-refractivity contribution is -0.143. The van der Waals surface area contributed by atoms with Gasteiger partial charge in [0.1, 0.15) is 0 Å². The van der Waals surface area contributed by atoms with Crippen LogP contribution in [0.15, 0.2) is 30.3 Å². The Bertz CT molecular complexity index is 1100. The zero-order valence-electron chi connectivity index (χ0n) is 22.1. The van der Waals surface area contributed by atoms with Gasteiger partial charge in [-0.15, -0.1) is 0 Å². The summed E-state index contributed by atoms with van der Waals surface area (Å²) in [6, 6.07) is 5.14. The number of aryl methyl sites for hydroxylation is 2. The van der Waals surface area contributed by atoms with Crippen molar-refractivity contribution in [3.8, 4) is 0 Å². The summed E-state index contributed by atoms with van der Waals surface area (Å²) in [6.45, 7) is 12.7. The molecule has 0 N–H and O–H groups in total. The number of benzene rings is 2. The van der Waals surface area contributed by atoms with Crippen molar-refractivity contribution in [2.45, 2.75) is 91.2 Å². The van der Waals surface area contributed by atoms with Crippen LogP contribution in [0.2, 0.25) is 0 Å². The fourth-order valence-electron chi connectivity index (χ4n) is 4.35. The number of hydrogen-bond donors (Lipinski definition) is 0. The summed E-state index contributed by atoms with van der Waals surface area (Å²) in [4.78, 5) is 27.7.